The molecule has 88 valence electrons. The van der Waals surface area contributed by atoms with Crippen molar-refractivity contribution < 1.29 is 17.9 Å². The van der Waals surface area contributed by atoms with Crippen LogP contribution < -0.4 is 0 Å². The molecule has 0 amide bonds. The molecular formula is C12H13F3O. The van der Waals surface area contributed by atoms with E-state index in [2.05, 4.69) is 11.3 Å². The molecule has 1 nitrogen and oxygen atoms in total. The first-order valence-electron chi connectivity index (χ1n) is 4.84. The largest absolute Gasteiger partial charge is 0.385 e. The molecule has 0 spiro atoms. The molecule has 0 aliphatic carbocycles. The maximum Gasteiger partial charge on any atom is 0.385 e. The van der Waals surface area contributed by atoms with Crippen molar-refractivity contribution >= 4 is 0 Å². The fourth-order valence-electron chi connectivity index (χ4n) is 1.33. The normalized spacial score (nSPS) is 11.5. The second-order valence-electron chi connectivity index (χ2n) is 3.36. The topological polar surface area (TPSA) is 9.23 Å². The third kappa shape index (κ3) is 2.85. The van der Waals surface area contributed by atoms with E-state index < -0.39 is 17.5 Å². The standard InChI is InChI=1S/C12H13F3O/c1-3-4-5-9-6-7-10(11(13)8-9)12(14,15)16-2/h3,6-8H,1,4-5H2,2H3. The van der Waals surface area contributed by atoms with Gasteiger partial charge in [0.1, 0.15) is 5.82 Å². The van der Waals surface area contributed by atoms with E-state index in [9.17, 15) is 13.2 Å². The van der Waals surface area contributed by atoms with Gasteiger partial charge in [0.2, 0.25) is 0 Å². The summed E-state index contributed by atoms with van der Waals surface area (Å²) in [6.45, 7) is 3.53. The van der Waals surface area contributed by atoms with E-state index in [-0.39, 0.29) is 0 Å². The van der Waals surface area contributed by atoms with Crippen LogP contribution in [0, 0.1) is 5.82 Å². The smallest absolute Gasteiger partial charge is 0.320 e. The molecule has 1 rings (SSSR count). The van der Waals surface area contributed by atoms with Crippen molar-refractivity contribution in [3.8, 4) is 0 Å². The number of allylic oxidation sites excluding steroid dienone is 1. The molecule has 4 heteroatoms. The third-order valence-electron chi connectivity index (χ3n) is 2.24. The Hall–Kier alpha value is -1.29. The zero-order chi connectivity index (χ0) is 12.2. The van der Waals surface area contributed by atoms with Gasteiger partial charge in [-0.05, 0) is 30.5 Å². The highest BCUT2D eigenvalue weighted by Gasteiger charge is 2.34. The Labute approximate surface area is 92.5 Å². The zero-order valence-electron chi connectivity index (χ0n) is 8.97. The molecule has 16 heavy (non-hydrogen) atoms. The van der Waals surface area contributed by atoms with E-state index in [1.807, 2.05) is 0 Å². The second-order valence-corrected chi connectivity index (χ2v) is 3.36. The molecular weight excluding hydrogens is 217 g/mol. The van der Waals surface area contributed by atoms with E-state index in [0.717, 1.165) is 19.2 Å². The fourth-order valence-corrected chi connectivity index (χ4v) is 1.33. The Balaban J connectivity index is 2.95. The van der Waals surface area contributed by atoms with Crippen molar-refractivity contribution in [3.05, 3.63) is 47.8 Å². The number of methoxy groups -OCH3 is 1. The lowest BCUT2D eigenvalue weighted by molar-refractivity contribution is -0.233. The summed E-state index contributed by atoms with van der Waals surface area (Å²) in [5.41, 5.74) is -0.0783. The molecule has 1 aromatic rings. The molecule has 0 aromatic heterocycles. The molecule has 0 unspecified atom stereocenters. The Kier molecular flexibility index (Phi) is 4.12. The Morgan fingerprint density at radius 2 is 2.12 bits per heavy atom. The van der Waals surface area contributed by atoms with Gasteiger partial charge in [0.15, 0.2) is 0 Å². The van der Waals surface area contributed by atoms with Crippen LogP contribution in [0.3, 0.4) is 0 Å². The zero-order valence-corrected chi connectivity index (χ0v) is 8.97. The summed E-state index contributed by atoms with van der Waals surface area (Å²) in [5.74, 6) is -0.951. The van der Waals surface area contributed by atoms with E-state index >= 15 is 0 Å². The molecule has 0 aliphatic heterocycles. The summed E-state index contributed by atoms with van der Waals surface area (Å²) in [6, 6.07) is 3.62. The third-order valence-corrected chi connectivity index (χ3v) is 2.24. The lowest BCUT2D eigenvalue weighted by Gasteiger charge is -2.15. The minimum absolute atomic E-state index is 0.583. The molecule has 0 saturated heterocycles. The molecule has 0 aliphatic rings. The number of alkyl halides is 2. The first-order chi connectivity index (χ1) is 7.51. The minimum atomic E-state index is -3.58. The van der Waals surface area contributed by atoms with Gasteiger partial charge in [-0.1, -0.05) is 12.1 Å². The highest BCUT2D eigenvalue weighted by atomic mass is 19.3. The highest BCUT2D eigenvalue weighted by Crippen LogP contribution is 2.30. The van der Waals surface area contributed by atoms with Crippen molar-refractivity contribution in [1.29, 1.82) is 0 Å². The van der Waals surface area contributed by atoms with E-state index in [1.165, 1.54) is 6.07 Å². The molecule has 0 heterocycles. The number of aryl methyl sites for hydroxylation is 1. The van der Waals surface area contributed by atoms with E-state index in [4.69, 9.17) is 0 Å². The number of benzene rings is 1. The molecule has 0 saturated carbocycles. The number of halogens is 3. The van der Waals surface area contributed by atoms with Gasteiger partial charge in [0, 0.05) is 7.11 Å². The summed E-state index contributed by atoms with van der Waals surface area (Å²) >= 11 is 0. The summed E-state index contributed by atoms with van der Waals surface area (Å²) in [4.78, 5) is 0. The van der Waals surface area contributed by atoms with Crippen molar-refractivity contribution in [2.45, 2.75) is 19.0 Å². The van der Waals surface area contributed by atoms with Crippen LogP contribution in [0.25, 0.3) is 0 Å². The van der Waals surface area contributed by atoms with Gasteiger partial charge in [-0.15, -0.1) is 6.58 Å². The van der Waals surface area contributed by atoms with Crippen molar-refractivity contribution in [1.82, 2.24) is 0 Å². The Morgan fingerprint density at radius 1 is 1.44 bits per heavy atom. The van der Waals surface area contributed by atoms with E-state index in [0.29, 0.717) is 18.4 Å². The summed E-state index contributed by atoms with van der Waals surface area (Å²) in [5, 5.41) is 0. The van der Waals surface area contributed by atoms with Gasteiger partial charge in [0.25, 0.3) is 0 Å². The number of rotatable bonds is 5. The van der Waals surface area contributed by atoms with Crippen molar-refractivity contribution in [3.63, 3.8) is 0 Å². The van der Waals surface area contributed by atoms with Crippen molar-refractivity contribution in [2.75, 3.05) is 7.11 Å². The predicted molar refractivity (Wildman–Crippen MR) is 55.8 cm³/mol. The van der Waals surface area contributed by atoms with Crippen LogP contribution in [0.1, 0.15) is 17.5 Å². The van der Waals surface area contributed by atoms with Gasteiger partial charge < -0.3 is 4.74 Å². The van der Waals surface area contributed by atoms with Crippen LogP contribution in [-0.2, 0) is 17.3 Å². The number of hydrogen-bond acceptors (Lipinski definition) is 1. The Bertz CT molecular complexity index is 375. The maximum atomic E-state index is 13.4. The molecule has 1 aromatic carbocycles. The van der Waals surface area contributed by atoms with Gasteiger partial charge in [-0.2, -0.15) is 8.78 Å². The number of ether oxygens (including phenoxy) is 1. The van der Waals surface area contributed by atoms with E-state index in [1.54, 1.807) is 6.08 Å². The first-order valence-corrected chi connectivity index (χ1v) is 4.84. The average molecular weight is 230 g/mol. The molecule has 0 N–H and O–H groups in total. The quantitative estimate of drug-likeness (QED) is 0.702. The van der Waals surface area contributed by atoms with Gasteiger partial charge in [0.05, 0.1) is 5.56 Å². The van der Waals surface area contributed by atoms with Crippen LogP contribution in [0.2, 0.25) is 0 Å². The Morgan fingerprint density at radius 3 is 2.62 bits per heavy atom. The molecule has 0 fully saturated rings. The SMILES string of the molecule is C=CCCc1ccc(C(F)(F)OC)c(F)c1. The first kappa shape index (κ1) is 12.8. The van der Waals surface area contributed by atoms with Crippen molar-refractivity contribution in [2.24, 2.45) is 0 Å². The highest BCUT2D eigenvalue weighted by molar-refractivity contribution is 5.26. The summed E-state index contributed by atoms with van der Waals surface area (Å²) in [7, 11) is 0.838. The van der Waals surface area contributed by atoms with Gasteiger partial charge in [-0.3, -0.25) is 0 Å². The molecule has 0 radical (unpaired) electrons. The van der Waals surface area contributed by atoms with Crippen LogP contribution in [-0.4, -0.2) is 7.11 Å². The van der Waals surface area contributed by atoms with Crippen LogP contribution in [0.5, 0.6) is 0 Å². The second kappa shape index (κ2) is 5.16. The van der Waals surface area contributed by atoms with Crippen LogP contribution >= 0.6 is 0 Å². The lowest BCUT2D eigenvalue weighted by Crippen LogP contribution is -2.17. The molecule has 0 bridgehead atoms. The average Bonchev–Trinajstić information content (AvgIpc) is 2.26. The minimum Gasteiger partial charge on any atom is -0.320 e. The lowest BCUT2D eigenvalue weighted by atomic mass is 10.1. The van der Waals surface area contributed by atoms with Crippen LogP contribution in [0.4, 0.5) is 13.2 Å². The number of hydrogen-bond donors (Lipinski definition) is 0. The fraction of sp³-hybridized carbons (Fsp3) is 0.333. The molecule has 0 atom stereocenters. The van der Waals surface area contributed by atoms with Crippen LogP contribution in [0.15, 0.2) is 30.9 Å². The monoisotopic (exact) mass is 230 g/mol. The maximum absolute atomic E-state index is 13.4. The summed E-state index contributed by atoms with van der Waals surface area (Å²) < 4.78 is 43.4. The predicted octanol–water partition coefficient (Wildman–Crippen LogP) is 3.64. The van der Waals surface area contributed by atoms with Gasteiger partial charge >= 0.3 is 6.11 Å². The summed E-state index contributed by atoms with van der Waals surface area (Å²) in [6.07, 6.45) is -0.630. The van der Waals surface area contributed by atoms with Gasteiger partial charge in [-0.25, -0.2) is 4.39 Å².